The van der Waals surface area contributed by atoms with Crippen LogP contribution in [-0.2, 0) is 12.8 Å². The third kappa shape index (κ3) is 6.73. The van der Waals surface area contributed by atoms with Crippen LogP contribution in [0.2, 0.25) is 0 Å². The van der Waals surface area contributed by atoms with Crippen LogP contribution in [0.3, 0.4) is 0 Å². The van der Waals surface area contributed by atoms with Crippen LogP contribution in [0.4, 0.5) is 0 Å². The molecular weight excluding hydrogens is 483 g/mol. The predicted molar refractivity (Wildman–Crippen MR) is 128 cm³/mol. The van der Waals surface area contributed by atoms with E-state index in [1.165, 1.54) is 4.88 Å². The number of fused-ring (bicyclic) bond motifs is 1. The summed E-state index contributed by atoms with van der Waals surface area (Å²) in [4.78, 5) is 6.17. The standard InChI is InChI=1S/C20H28N6S.HI/c1-3-21-20(23-15-16(2)14-17-8-7-13-27-17)22-11-6-10-19-25-24-18-9-4-5-12-26(18)19;/h4-5,7-9,12-13,16H,3,6,10-11,14-15H2,1-2H3,(H2,21,22,23);1H. The summed E-state index contributed by atoms with van der Waals surface area (Å²) < 4.78 is 2.05. The van der Waals surface area contributed by atoms with Crippen molar-refractivity contribution in [2.45, 2.75) is 33.1 Å². The number of rotatable bonds is 9. The summed E-state index contributed by atoms with van der Waals surface area (Å²) in [6, 6.07) is 10.3. The number of aryl methyl sites for hydroxylation is 1. The molecule has 2 N–H and O–H groups in total. The molecule has 0 fully saturated rings. The van der Waals surface area contributed by atoms with Crippen LogP contribution in [0.1, 0.15) is 31.0 Å². The minimum atomic E-state index is 0. The predicted octanol–water partition coefficient (Wildman–Crippen LogP) is 3.78. The van der Waals surface area contributed by atoms with Crippen molar-refractivity contribution < 1.29 is 0 Å². The molecule has 3 rings (SSSR count). The Kier molecular flexibility index (Phi) is 9.69. The molecule has 3 heterocycles. The molecule has 0 spiro atoms. The number of guanidine groups is 1. The van der Waals surface area contributed by atoms with Gasteiger partial charge in [0.05, 0.1) is 0 Å². The molecule has 1 atom stereocenters. The summed E-state index contributed by atoms with van der Waals surface area (Å²) in [5.41, 5.74) is 0.898. The zero-order valence-electron chi connectivity index (χ0n) is 16.5. The third-order valence-electron chi connectivity index (χ3n) is 4.29. The average Bonchev–Trinajstić information content (AvgIpc) is 3.33. The van der Waals surface area contributed by atoms with Crippen molar-refractivity contribution in [2.75, 3.05) is 19.6 Å². The fraction of sp³-hybridized carbons (Fsp3) is 0.450. The number of hydrogen-bond donors (Lipinski definition) is 2. The molecule has 28 heavy (non-hydrogen) atoms. The Bertz CT molecular complexity index is 845. The second-order valence-corrected chi connectivity index (χ2v) is 7.72. The lowest BCUT2D eigenvalue weighted by Gasteiger charge is -2.13. The molecule has 0 bridgehead atoms. The van der Waals surface area contributed by atoms with Crippen molar-refractivity contribution in [1.82, 2.24) is 25.2 Å². The maximum absolute atomic E-state index is 4.74. The monoisotopic (exact) mass is 512 g/mol. The highest BCUT2D eigenvalue weighted by atomic mass is 127. The summed E-state index contributed by atoms with van der Waals surface area (Å²) in [5, 5.41) is 17.4. The summed E-state index contributed by atoms with van der Waals surface area (Å²) in [6.45, 7) is 6.88. The van der Waals surface area contributed by atoms with Gasteiger partial charge in [0.1, 0.15) is 5.82 Å². The molecular formula is C20H29IN6S. The molecule has 6 nitrogen and oxygen atoms in total. The van der Waals surface area contributed by atoms with E-state index in [1.54, 1.807) is 0 Å². The summed E-state index contributed by atoms with van der Waals surface area (Å²) in [6.07, 6.45) is 4.95. The first-order chi connectivity index (χ1) is 13.3. The van der Waals surface area contributed by atoms with E-state index in [1.807, 2.05) is 40.1 Å². The van der Waals surface area contributed by atoms with Gasteiger partial charge in [-0.2, -0.15) is 0 Å². The van der Waals surface area contributed by atoms with E-state index in [2.05, 4.69) is 52.2 Å². The van der Waals surface area contributed by atoms with Gasteiger partial charge in [-0.3, -0.25) is 9.39 Å². The van der Waals surface area contributed by atoms with Crippen LogP contribution in [0, 0.1) is 5.92 Å². The van der Waals surface area contributed by atoms with Gasteiger partial charge in [-0.1, -0.05) is 19.1 Å². The number of hydrogen-bond acceptors (Lipinski definition) is 4. The fourth-order valence-corrected chi connectivity index (χ4v) is 3.81. The molecule has 0 aliphatic heterocycles. The molecule has 0 amide bonds. The molecule has 0 aliphatic rings. The van der Waals surface area contributed by atoms with Gasteiger partial charge in [0, 0.05) is 37.1 Å². The summed E-state index contributed by atoms with van der Waals surface area (Å²) >= 11 is 1.82. The van der Waals surface area contributed by atoms with E-state index in [4.69, 9.17) is 4.99 Å². The zero-order chi connectivity index (χ0) is 18.9. The molecule has 0 saturated carbocycles. The Morgan fingerprint density at radius 1 is 1.21 bits per heavy atom. The van der Waals surface area contributed by atoms with Crippen molar-refractivity contribution in [1.29, 1.82) is 0 Å². The molecule has 0 radical (unpaired) electrons. The van der Waals surface area contributed by atoms with E-state index < -0.39 is 0 Å². The quantitative estimate of drug-likeness (QED) is 0.198. The van der Waals surface area contributed by atoms with Crippen LogP contribution in [0.25, 0.3) is 5.65 Å². The minimum Gasteiger partial charge on any atom is -0.357 e. The van der Waals surface area contributed by atoms with Gasteiger partial charge in [-0.05, 0) is 49.3 Å². The van der Waals surface area contributed by atoms with Crippen molar-refractivity contribution >= 4 is 46.9 Å². The van der Waals surface area contributed by atoms with Gasteiger partial charge in [0.25, 0.3) is 0 Å². The maximum Gasteiger partial charge on any atom is 0.191 e. The van der Waals surface area contributed by atoms with E-state index in [0.29, 0.717) is 5.92 Å². The van der Waals surface area contributed by atoms with Gasteiger partial charge in [0.15, 0.2) is 11.6 Å². The van der Waals surface area contributed by atoms with Crippen molar-refractivity contribution in [2.24, 2.45) is 10.9 Å². The van der Waals surface area contributed by atoms with Gasteiger partial charge in [-0.15, -0.1) is 45.5 Å². The number of nitrogens with zero attached hydrogens (tertiary/aromatic N) is 4. The van der Waals surface area contributed by atoms with E-state index in [-0.39, 0.29) is 24.0 Å². The largest absolute Gasteiger partial charge is 0.357 e. The molecule has 0 aliphatic carbocycles. The number of pyridine rings is 1. The van der Waals surface area contributed by atoms with Gasteiger partial charge >= 0.3 is 0 Å². The van der Waals surface area contributed by atoms with Crippen LogP contribution < -0.4 is 10.6 Å². The highest BCUT2D eigenvalue weighted by molar-refractivity contribution is 14.0. The molecule has 1 unspecified atom stereocenters. The van der Waals surface area contributed by atoms with Crippen LogP contribution in [0.15, 0.2) is 46.9 Å². The molecule has 152 valence electrons. The minimum absolute atomic E-state index is 0. The second-order valence-electron chi connectivity index (χ2n) is 6.68. The number of aliphatic imine (C=N–C) groups is 1. The van der Waals surface area contributed by atoms with Crippen molar-refractivity contribution in [3.05, 3.63) is 52.6 Å². The lowest BCUT2D eigenvalue weighted by Crippen LogP contribution is -2.38. The smallest absolute Gasteiger partial charge is 0.191 e. The number of thiophene rings is 1. The van der Waals surface area contributed by atoms with E-state index in [0.717, 1.165) is 56.3 Å². The molecule has 0 saturated heterocycles. The fourth-order valence-electron chi connectivity index (χ4n) is 2.94. The maximum atomic E-state index is 4.74. The number of halogens is 1. The topological polar surface area (TPSA) is 66.6 Å². The zero-order valence-corrected chi connectivity index (χ0v) is 19.6. The first-order valence-electron chi connectivity index (χ1n) is 9.59. The highest BCUT2D eigenvalue weighted by Gasteiger charge is 2.06. The van der Waals surface area contributed by atoms with Crippen LogP contribution >= 0.6 is 35.3 Å². The number of aromatic nitrogens is 3. The van der Waals surface area contributed by atoms with Gasteiger partial charge in [0.2, 0.25) is 0 Å². The first kappa shape index (κ1) is 22.6. The van der Waals surface area contributed by atoms with E-state index >= 15 is 0 Å². The third-order valence-corrected chi connectivity index (χ3v) is 5.19. The van der Waals surface area contributed by atoms with Crippen LogP contribution in [-0.4, -0.2) is 40.2 Å². The molecule has 8 heteroatoms. The van der Waals surface area contributed by atoms with Crippen molar-refractivity contribution in [3.8, 4) is 0 Å². The average molecular weight is 512 g/mol. The number of nitrogens with one attached hydrogen (secondary N) is 2. The SMILES string of the molecule is CCNC(=NCC(C)Cc1cccs1)NCCCc1nnc2ccccn12.I. The Labute approximate surface area is 187 Å². The Balaban J connectivity index is 0.00000280. The van der Waals surface area contributed by atoms with Crippen molar-refractivity contribution in [3.63, 3.8) is 0 Å². The molecule has 0 aromatic carbocycles. The summed E-state index contributed by atoms with van der Waals surface area (Å²) in [7, 11) is 0. The first-order valence-corrected chi connectivity index (χ1v) is 10.5. The Hall–Kier alpha value is -1.68. The van der Waals surface area contributed by atoms with Crippen LogP contribution in [0.5, 0.6) is 0 Å². The lowest BCUT2D eigenvalue weighted by molar-refractivity contribution is 0.594. The van der Waals surface area contributed by atoms with Gasteiger partial charge < -0.3 is 10.6 Å². The lowest BCUT2D eigenvalue weighted by atomic mass is 10.1. The van der Waals surface area contributed by atoms with Gasteiger partial charge in [-0.25, -0.2) is 0 Å². The van der Waals surface area contributed by atoms with E-state index in [9.17, 15) is 0 Å². The highest BCUT2D eigenvalue weighted by Crippen LogP contribution is 2.14. The summed E-state index contributed by atoms with van der Waals surface area (Å²) in [5.74, 6) is 2.42. The Morgan fingerprint density at radius 2 is 2.11 bits per heavy atom. The molecule has 3 aromatic rings. The normalized spacial score (nSPS) is 12.6. The molecule has 3 aromatic heterocycles. The second kappa shape index (κ2) is 12.0. The Morgan fingerprint density at radius 3 is 2.89 bits per heavy atom.